The van der Waals surface area contributed by atoms with Gasteiger partial charge in [0.05, 0.1) is 11.7 Å². The number of hydrogen-bond acceptors (Lipinski definition) is 2. The Hall–Kier alpha value is -2.35. The Kier molecular flexibility index (Phi) is 5.15. The molecule has 2 heterocycles. The third-order valence-corrected chi connectivity index (χ3v) is 6.11. The number of pyridine rings is 1. The lowest BCUT2D eigenvalue weighted by Gasteiger charge is -2.44. The van der Waals surface area contributed by atoms with E-state index in [1.165, 1.54) is 48.1 Å². The van der Waals surface area contributed by atoms with Crippen LogP contribution in [0, 0.1) is 6.92 Å². The van der Waals surface area contributed by atoms with Crippen molar-refractivity contribution in [2.24, 2.45) is 0 Å². The molecular weight excluding hydrogens is 328 g/mol. The van der Waals surface area contributed by atoms with Crippen molar-refractivity contribution < 1.29 is 0 Å². The first-order valence-corrected chi connectivity index (χ1v) is 10.5. The van der Waals surface area contributed by atoms with E-state index in [9.17, 15) is 0 Å². The van der Waals surface area contributed by atoms with Gasteiger partial charge in [-0.05, 0) is 79.4 Å². The lowest BCUT2D eigenvalue weighted by atomic mass is 9.77. The van der Waals surface area contributed by atoms with E-state index in [0.717, 1.165) is 18.7 Å². The Labute approximate surface area is 163 Å². The van der Waals surface area contributed by atoms with Crippen molar-refractivity contribution in [2.45, 2.75) is 65.3 Å². The molecule has 2 nitrogen and oxygen atoms in total. The van der Waals surface area contributed by atoms with Crippen LogP contribution in [-0.2, 0) is 0 Å². The molecule has 0 spiro atoms. The largest absolute Gasteiger partial charge is 0.318 e. The first-order valence-electron chi connectivity index (χ1n) is 10.5. The summed E-state index contributed by atoms with van der Waals surface area (Å²) >= 11 is 0. The van der Waals surface area contributed by atoms with E-state index in [1.54, 1.807) is 11.1 Å². The number of anilines is 1. The Balaban J connectivity index is 2.01. The highest BCUT2D eigenvalue weighted by atomic mass is 15.2. The standard InChI is InChI=1S/C25H30N2/c1-4-20-21-15-9-10-16-22(21)23(5-2)27(25-18(3)12-11-17-26-25)24(20)19-13-7-6-8-14-19/h6-8,11-14,17,23H,4-5,9-10,15-16H2,1-3H3. The lowest BCUT2D eigenvalue weighted by molar-refractivity contribution is 0.581. The van der Waals surface area contributed by atoms with Crippen LogP contribution in [0.1, 0.15) is 63.5 Å². The van der Waals surface area contributed by atoms with Gasteiger partial charge in [-0.3, -0.25) is 0 Å². The molecule has 1 aromatic carbocycles. The Morgan fingerprint density at radius 2 is 1.78 bits per heavy atom. The van der Waals surface area contributed by atoms with Crippen LogP contribution < -0.4 is 4.90 Å². The molecule has 27 heavy (non-hydrogen) atoms. The molecule has 1 aliphatic heterocycles. The number of aromatic nitrogens is 1. The summed E-state index contributed by atoms with van der Waals surface area (Å²) in [4.78, 5) is 7.41. The molecule has 1 aliphatic carbocycles. The third kappa shape index (κ3) is 3.12. The monoisotopic (exact) mass is 358 g/mol. The molecule has 0 bridgehead atoms. The number of nitrogens with zero attached hydrogens (tertiary/aromatic N) is 2. The number of hydrogen-bond donors (Lipinski definition) is 0. The smallest absolute Gasteiger partial charge is 0.136 e. The summed E-state index contributed by atoms with van der Waals surface area (Å²) in [7, 11) is 0. The second kappa shape index (κ2) is 7.72. The van der Waals surface area contributed by atoms with Gasteiger partial charge in [0, 0.05) is 6.20 Å². The molecule has 0 N–H and O–H groups in total. The summed E-state index contributed by atoms with van der Waals surface area (Å²) in [6, 6.07) is 15.6. The van der Waals surface area contributed by atoms with Crippen molar-refractivity contribution in [1.29, 1.82) is 0 Å². The van der Waals surface area contributed by atoms with Crippen molar-refractivity contribution in [2.75, 3.05) is 4.90 Å². The predicted octanol–water partition coefficient (Wildman–Crippen LogP) is 6.68. The van der Waals surface area contributed by atoms with Gasteiger partial charge in [0.2, 0.25) is 0 Å². The molecule has 0 saturated heterocycles. The van der Waals surface area contributed by atoms with Gasteiger partial charge in [0.1, 0.15) is 5.82 Å². The minimum atomic E-state index is 0.416. The topological polar surface area (TPSA) is 16.1 Å². The summed E-state index contributed by atoms with van der Waals surface area (Å²) in [5.41, 5.74) is 8.80. The van der Waals surface area contributed by atoms with E-state index in [0.29, 0.717) is 6.04 Å². The summed E-state index contributed by atoms with van der Waals surface area (Å²) < 4.78 is 0. The summed E-state index contributed by atoms with van der Waals surface area (Å²) in [5, 5.41) is 0. The van der Waals surface area contributed by atoms with Crippen LogP contribution in [0.4, 0.5) is 5.82 Å². The molecule has 0 saturated carbocycles. The maximum atomic E-state index is 4.85. The summed E-state index contributed by atoms with van der Waals surface area (Å²) in [6.07, 6.45) is 9.24. The summed E-state index contributed by atoms with van der Waals surface area (Å²) in [6.45, 7) is 6.83. The molecule has 1 unspecified atom stereocenters. The maximum Gasteiger partial charge on any atom is 0.136 e. The van der Waals surface area contributed by atoms with E-state index >= 15 is 0 Å². The molecular formula is C25H30N2. The van der Waals surface area contributed by atoms with Gasteiger partial charge >= 0.3 is 0 Å². The van der Waals surface area contributed by atoms with Crippen molar-refractivity contribution in [3.8, 4) is 0 Å². The lowest BCUT2D eigenvalue weighted by Crippen LogP contribution is -2.41. The fraction of sp³-hybridized carbons (Fsp3) is 0.400. The van der Waals surface area contributed by atoms with Crippen molar-refractivity contribution in [3.63, 3.8) is 0 Å². The maximum absolute atomic E-state index is 4.85. The minimum Gasteiger partial charge on any atom is -0.318 e. The molecule has 2 heteroatoms. The van der Waals surface area contributed by atoms with E-state index in [-0.39, 0.29) is 0 Å². The molecule has 4 rings (SSSR count). The van der Waals surface area contributed by atoms with E-state index in [2.05, 4.69) is 62.1 Å². The van der Waals surface area contributed by atoms with Crippen LogP contribution in [0.25, 0.3) is 5.70 Å². The van der Waals surface area contributed by atoms with E-state index < -0.39 is 0 Å². The number of aryl methyl sites for hydroxylation is 1. The average molecular weight is 359 g/mol. The second-order valence-corrected chi connectivity index (χ2v) is 7.70. The minimum absolute atomic E-state index is 0.416. The first-order chi connectivity index (χ1) is 13.3. The van der Waals surface area contributed by atoms with Crippen molar-refractivity contribution in [3.05, 3.63) is 76.5 Å². The van der Waals surface area contributed by atoms with E-state index in [1.807, 2.05) is 12.3 Å². The van der Waals surface area contributed by atoms with E-state index in [4.69, 9.17) is 4.98 Å². The Morgan fingerprint density at radius 1 is 1.00 bits per heavy atom. The highest BCUT2D eigenvalue weighted by molar-refractivity contribution is 5.87. The molecule has 1 aromatic heterocycles. The first kappa shape index (κ1) is 18.0. The quantitative estimate of drug-likeness (QED) is 0.606. The van der Waals surface area contributed by atoms with Crippen LogP contribution in [-0.4, -0.2) is 11.0 Å². The van der Waals surface area contributed by atoms with Crippen LogP contribution >= 0.6 is 0 Å². The van der Waals surface area contributed by atoms with Crippen LogP contribution in [0.3, 0.4) is 0 Å². The fourth-order valence-corrected chi connectivity index (χ4v) is 4.94. The highest BCUT2D eigenvalue weighted by Crippen LogP contribution is 2.47. The predicted molar refractivity (Wildman–Crippen MR) is 115 cm³/mol. The molecule has 140 valence electrons. The molecule has 2 aromatic rings. The van der Waals surface area contributed by atoms with Gasteiger partial charge in [-0.2, -0.15) is 0 Å². The zero-order chi connectivity index (χ0) is 18.8. The second-order valence-electron chi connectivity index (χ2n) is 7.70. The Bertz CT molecular complexity index is 876. The van der Waals surface area contributed by atoms with Crippen LogP contribution in [0.5, 0.6) is 0 Å². The molecule has 2 aliphatic rings. The zero-order valence-electron chi connectivity index (χ0n) is 16.8. The number of rotatable bonds is 4. The SMILES string of the molecule is CCC1=C(c2ccccc2)N(c2ncccc2C)C(CC)C2=C1CCCC2. The van der Waals surface area contributed by atoms with Crippen LogP contribution in [0.2, 0.25) is 0 Å². The molecule has 0 fully saturated rings. The summed E-state index contributed by atoms with van der Waals surface area (Å²) in [5.74, 6) is 1.12. The van der Waals surface area contributed by atoms with Gasteiger partial charge < -0.3 is 4.90 Å². The number of benzene rings is 1. The normalized spacial score (nSPS) is 20.1. The molecule has 0 amide bonds. The number of allylic oxidation sites excluding steroid dienone is 2. The highest BCUT2D eigenvalue weighted by Gasteiger charge is 2.36. The van der Waals surface area contributed by atoms with Gasteiger partial charge in [0.25, 0.3) is 0 Å². The molecule has 0 radical (unpaired) electrons. The fourth-order valence-electron chi connectivity index (χ4n) is 4.94. The van der Waals surface area contributed by atoms with Gasteiger partial charge in [-0.25, -0.2) is 4.98 Å². The van der Waals surface area contributed by atoms with Gasteiger partial charge in [0.15, 0.2) is 0 Å². The van der Waals surface area contributed by atoms with Crippen LogP contribution in [0.15, 0.2) is 65.4 Å². The average Bonchev–Trinajstić information content (AvgIpc) is 2.73. The van der Waals surface area contributed by atoms with Crippen molar-refractivity contribution in [1.82, 2.24) is 4.98 Å². The molecule has 1 atom stereocenters. The third-order valence-electron chi connectivity index (χ3n) is 6.11. The Morgan fingerprint density at radius 3 is 2.48 bits per heavy atom. The zero-order valence-corrected chi connectivity index (χ0v) is 16.8. The van der Waals surface area contributed by atoms with Crippen molar-refractivity contribution >= 4 is 11.5 Å². The van der Waals surface area contributed by atoms with Gasteiger partial charge in [-0.15, -0.1) is 0 Å². The van der Waals surface area contributed by atoms with Gasteiger partial charge in [-0.1, -0.05) is 50.2 Å².